The summed E-state index contributed by atoms with van der Waals surface area (Å²) in [6, 6.07) is 5.62. The number of nitrogen functional groups attached to an aromatic ring is 2. The van der Waals surface area contributed by atoms with Crippen molar-refractivity contribution in [1.82, 2.24) is 0 Å². The maximum absolute atomic E-state index is 8.74. The van der Waals surface area contributed by atoms with E-state index < -0.39 is 10.4 Å². The van der Waals surface area contributed by atoms with Crippen LogP contribution in [0.3, 0.4) is 0 Å². The zero-order valence-corrected chi connectivity index (χ0v) is 8.32. The number of nitrogens with two attached hydrogens (primary N) is 2. The highest BCUT2D eigenvalue weighted by Crippen LogP contribution is 2.17. The molecule has 1 aromatic rings. The second kappa shape index (κ2) is 4.80. The van der Waals surface area contributed by atoms with E-state index >= 15 is 0 Å². The highest BCUT2D eigenvalue weighted by Gasteiger charge is 1.93. The Morgan fingerprint density at radius 3 is 1.93 bits per heavy atom. The summed E-state index contributed by atoms with van der Waals surface area (Å²) in [7, 11) is -4.67. The first-order valence-corrected chi connectivity index (χ1v) is 4.92. The van der Waals surface area contributed by atoms with Crippen LogP contribution >= 0.6 is 0 Å². The van der Waals surface area contributed by atoms with Crippen LogP contribution in [0.5, 0.6) is 0 Å². The maximum atomic E-state index is 8.74. The van der Waals surface area contributed by atoms with E-state index in [-0.39, 0.29) is 0 Å². The summed E-state index contributed by atoms with van der Waals surface area (Å²) in [6.45, 7) is 1.94. The normalized spacial score (nSPS) is 10.2. The summed E-state index contributed by atoms with van der Waals surface area (Å²) in [5, 5.41) is 0. The van der Waals surface area contributed by atoms with Crippen LogP contribution in [0.25, 0.3) is 0 Å². The molecular weight excluding hydrogens is 208 g/mol. The van der Waals surface area contributed by atoms with Gasteiger partial charge in [0.25, 0.3) is 0 Å². The van der Waals surface area contributed by atoms with Crippen LogP contribution in [0.15, 0.2) is 18.2 Å². The average molecular weight is 220 g/mol. The smallest absolute Gasteiger partial charge is 0.394 e. The molecule has 80 valence electrons. The number of para-hydroxylation sites is 1. The molecule has 0 radical (unpaired) electrons. The molecule has 0 aliphatic rings. The molecule has 0 aromatic heterocycles. The Morgan fingerprint density at radius 2 is 1.64 bits per heavy atom. The first kappa shape index (κ1) is 12.7. The van der Waals surface area contributed by atoms with E-state index in [4.69, 9.17) is 29.0 Å². The van der Waals surface area contributed by atoms with Crippen LogP contribution in [0, 0.1) is 6.92 Å². The summed E-state index contributed by atoms with van der Waals surface area (Å²) in [4.78, 5) is 0. The standard InChI is InChI=1S/C7H10N2.H2O4S/c1-5-3-2-4-6(8)7(5)9;1-5(2,3)4/h2-4H,8-9H2,1H3;(H2,1,2,3,4). The summed E-state index contributed by atoms with van der Waals surface area (Å²) in [6.07, 6.45) is 0. The van der Waals surface area contributed by atoms with E-state index in [1.54, 1.807) is 6.07 Å². The Labute approximate surface area is 82.1 Å². The number of hydrogen-bond donors (Lipinski definition) is 4. The van der Waals surface area contributed by atoms with Crippen molar-refractivity contribution in [3.05, 3.63) is 23.8 Å². The van der Waals surface area contributed by atoms with Gasteiger partial charge in [-0.15, -0.1) is 0 Å². The topological polar surface area (TPSA) is 127 Å². The first-order chi connectivity index (χ1) is 6.22. The van der Waals surface area contributed by atoms with Crippen LogP contribution in [-0.4, -0.2) is 17.5 Å². The van der Waals surface area contributed by atoms with E-state index in [1.807, 2.05) is 19.1 Å². The van der Waals surface area contributed by atoms with Crippen molar-refractivity contribution >= 4 is 21.8 Å². The molecule has 0 spiro atoms. The number of anilines is 2. The molecular formula is C7H12N2O4S. The molecule has 0 saturated heterocycles. The van der Waals surface area contributed by atoms with E-state index in [1.165, 1.54) is 0 Å². The molecule has 6 N–H and O–H groups in total. The fourth-order valence-electron chi connectivity index (χ4n) is 0.703. The molecule has 14 heavy (non-hydrogen) atoms. The molecule has 6 nitrogen and oxygen atoms in total. The van der Waals surface area contributed by atoms with E-state index in [0.29, 0.717) is 11.4 Å². The van der Waals surface area contributed by atoms with Crippen LogP contribution < -0.4 is 11.5 Å². The molecule has 1 rings (SSSR count). The Morgan fingerprint density at radius 1 is 1.21 bits per heavy atom. The summed E-state index contributed by atoms with van der Waals surface area (Å²) < 4.78 is 31.6. The third-order valence-electron chi connectivity index (χ3n) is 1.36. The zero-order chi connectivity index (χ0) is 11.4. The lowest BCUT2D eigenvalue weighted by atomic mass is 10.2. The van der Waals surface area contributed by atoms with E-state index in [2.05, 4.69) is 0 Å². The van der Waals surface area contributed by atoms with Gasteiger partial charge in [-0.1, -0.05) is 12.1 Å². The Hall–Kier alpha value is -1.31. The van der Waals surface area contributed by atoms with Gasteiger partial charge in [-0.3, -0.25) is 9.11 Å². The highest BCUT2D eigenvalue weighted by molar-refractivity contribution is 7.79. The summed E-state index contributed by atoms with van der Waals surface area (Å²) >= 11 is 0. The molecule has 0 aliphatic heterocycles. The van der Waals surface area contributed by atoms with Gasteiger partial charge >= 0.3 is 10.4 Å². The Balaban J connectivity index is 0.000000292. The van der Waals surface area contributed by atoms with Crippen molar-refractivity contribution in [2.45, 2.75) is 6.92 Å². The number of hydrogen-bond acceptors (Lipinski definition) is 4. The second-order valence-corrected chi connectivity index (χ2v) is 3.42. The first-order valence-electron chi connectivity index (χ1n) is 3.52. The van der Waals surface area contributed by atoms with Crippen molar-refractivity contribution in [3.63, 3.8) is 0 Å². The van der Waals surface area contributed by atoms with Crippen LogP contribution in [0.4, 0.5) is 11.4 Å². The van der Waals surface area contributed by atoms with Crippen molar-refractivity contribution in [3.8, 4) is 0 Å². The lowest BCUT2D eigenvalue weighted by molar-refractivity contribution is 0.381. The van der Waals surface area contributed by atoms with Gasteiger partial charge in [0.1, 0.15) is 0 Å². The van der Waals surface area contributed by atoms with Crippen LogP contribution in [0.2, 0.25) is 0 Å². The largest absolute Gasteiger partial charge is 0.397 e. The van der Waals surface area contributed by atoms with Gasteiger partial charge in [0.05, 0.1) is 11.4 Å². The lowest BCUT2D eigenvalue weighted by Gasteiger charge is -2.00. The van der Waals surface area contributed by atoms with Crippen molar-refractivity contribution < 1.29 is 17.5 Å². The fourth-order valence-corrected chi connectivity index (χ4v) is 0.703. The monoisotopic (exact) mass is 220 g/mol. The quantitative estimate of drug-likeness (QED) is 0.372. The molecule has 0 heterocycles. The lowest BCUT2D eigenvalue weighted by Crippen LogP contribution is -1.95. The number of aryl methyl sites for hydroxylation is 1. The van der Waals surface area contributed by atoms with Gasteiger partial charge < -0.3 is 11.5 Å². The van der Waals surface area contributed by atoms with Gasteiger partial charge in [0.2, 0.25) is 0 Å². The number of rotatable bonds is 0. The molecule has 0 fully saturated rings. The third kappa shape index (κ3) is 6.23. The van der Waals surface area contributed by atoms with E-state index in [0.717, 1.165) is 5.56 Å². The van der Waals surface area contributed by atoms with Gasteiger partial charge in [-0.25, -0.2) is 0 Å². The van der Waals surface area contributed by atoms with Crippen molar-refractivity contribution in [2.24, 2.45) is 0 Å². The number of benzene rings is 1. The van der Waals surface area contributed by atoms with Crippen LogP contribution in [0.1, 0.15) is 5.56 Å². The zero-order valence-electron chi connectivity index (χ0n) is 7.51. The predicted octanol–water partition coefficient (Wildman–Crippen LogP) is 0.507. The Kier molecular flexibility index (Phi) is 4.35. The second-order valence-electron chi connectivity index (χ2n) is 2.53. The third-order valence-corrected chi connectivity index (χ3v) is 1.36. The minimum atomic E-state index is -4.67. The molecule has 0 bridgehead atoms. The van der Waals surface area contributed by atoms with Gasteiger partial charge in [-0.05, 0) is 18.6 Å². The molecule has 0 unspecified atom stereocenters. The Bertz CT molecular complexity index is 374. The molecule has 1 aromatic carbocycles. The maximum Gasteiger partial charge on any atom is 0.394 e. The molecule has 0 saturated carbocycles. The minimum Gasteiger partial charge on any atom is -0.397 e. The predicted molar refractivity (Wildman–Crippen MR) is 54.2 cm³/mol. The molecule has 0 atom stereocenters. The van der Waals surface area contributed by atoms with Crippen LogP contribution in [-0.2, 0) is 10.4 Å². The van der Waals surface area contributed by atoms with E-state index in [9.17, 15) is 0 Å². The fraction of sp³-hybridized carbons (Fsp3) is 0.143. The minimum absolute atomic E-state index is 0.662. The van der Waals surface area contributed by atoms with Crippen molar-refractivity contribution in [2.75, 3.05) is 11.5 Å². The average Bonchev–Trinajstić information content (AvgIpc) is 1.97. The van der Waals surface area contributed by atoms with Gasteiger partial charge in [0, 0.05) is 0 Å². The SMILES string of the molecule is Cc1cccc(N)c1N.O=S(=O)(O)O. The summed E-state index contributed by atoms with van der Waals surface area (Å²) in [5.41, 5.74) is 13.4. The summed E-state index contributed by atoms with van der Waals surface area (Å²) in [5.74, 6) is 0. The molecule has 0 amide bonds. The highest BCUT2D eigenvalue weighted by atomic mass is 32.3. The van der Waals surface area contributed by atoms with Gasteiger partial charge in [0.15, 0.2) is 0 Å². The molecule has 7 heteroatoms. The molecule has 0 aliphatic carbocycles. The van der Waals surface area contributed by atoms with Crippen molar-refractivity contribution in [1.29, 1.82) is 0 Å². The van der Waals surface area contributed by atoms with Gasteiger partial charge in [-0.2, -0.15) is 8.42 Å².